The van der Waals surface area contributed by atoms with Gasteiger partial charge in [0, 0.05) is 14.2 Å². The van der Waals surface area contributed by atoms with Crippen LogP contribution >= 0.6 is 0 Å². The molecule has 0 aliphatic heterocycles. The van der Waals surface area contributed by atoms with Gasteiger partial charge in [0.15, 0.2) is 0 Å². The molecule has 0 aliphatic carbocycles. The Labute approximate surface area is 46.9 Å². The fourth-order valence-corrected chi connectivity index (χ4v) is 0. The predicted molar refractivity (Wildman–Crippen MR) is 17.0 cm³/mol. The Kier molecular flexibility index (Phi) is 2310. The van der Waals surface area contributed by atoms with E-state index in [1.54, 1.807) is 0 Å². The molecule has 36 valence electrons. The molecule has 0 aromatic carbocycles. The normalized spacial score (nSPS) is 3.00. The summed E-state index contributed by atoms with van der Waals surface area (Å²) < 4.78 is 8.38. The van der Waals surface area contributed by atoms with E-state index in [2.05, 4.69) is 0 Å². The Morgan fingerprint density at radius 2 is 1.00 bits per heavy atom. The van der Waals surface area contributed by atoms with Crippen LogP contribution in [0.2, 0.25) is 0 Å². The van der Waals surface area contributed by atoms with Crippen molar-refractivity contribution in [2.75, 3.05) is 14.2 Å². The van der Waals surface area contributed by atoms with E-state index in [9.17, 15) is 0 Å². The Hall–Kier alpha value is 0.343. The minimum atomic E-state index is 0.125. The molecule has 0 aromatic heterocycles. The third-order valence-corrected chi connectivity index (χ3v) is 0. The summed E-state index contributed by atoms with van der Waals surface area (Å²) in [6.07, 6.45) is 0. The van der Waals surface area contributed by atoms with E-state index in [0.717, 1.165) is 14.2 Å². The van der Waals surface area contributed by atoms with E-state index in [-0.39, 0.29) is 18.3 Å². The van der Waals surface area contributed by atoms with Gasteiger partial charge in [-0.2, -0.15) is 0 Å². The first-order valence-electron chi connectivity index (χ1n) is 1.18. The molecular formula is C2H8O3Zn. The predicted octanol–water partition coefficient (Wildman–Crippen LogP) is -0.904. The first-order chi connectivity index (χ1) is 3.00. The summed E-state index contributed by atoms with van der Waals surface area (Å²) in [5, 5.41) is 14.0. The van der Waals surface area contributed by atoms with Gasteiger partial charge in [0.1, 0.15) is 0 Å². The van der Waals surface area contributed by atoms with E-state index >= 15 is 0 Å². The van der Waals surface area contributed by atoms with Crippen LogP contribution in [0.15, 0.2) is 0 Å². The zero-order valence-electron chi connectivity index (χ0n) is 4.01. The van der Waals surface area contributed by atoms with Crippen LogP contribution in [0.25, 0.3) is 0 Å². The average molecular weight is 145 g/mol. The van der Waals surface area contributed by atoms with Crippen molar-refractivity contribution in [2.24, 2.45) is 0 Å². The molecule has 0 atom stereocenters. The minimum absolute atomic E-state index is 0.125. The Bertz CT molecular complexity index is 8.75. The van der Waals surface area contributed by atoms with Crippen LogP contribution in [-0.2, 0) is 21.8 Å². The van der Waals surface area contributed by atoms with Crippen LogP contribution in [0.1, 0.15) is 0 Å². The Balaban J connectivity index is -0.0000000225. The van der Waals surface area contributed by atoms with Gasteiger partial charge in [-0.1, -0.05) is 0 Å². The van der Waals surface area contributed by atoms with Crippen molar-refractivity contribution < 1.29 is 32.0 Å². The first-order valence-corrected chi connectivity index (χ1v) is 2.39. The molecular weight excluding hydrogens is 137 g/mol. The third kappa shape index (κ3) is 412. The molecule has 0 radical (unpaired) electrons. The van der Waals surface area contributed by atoms with E-state index in [4.69, 9.17) is 13.8 Å². The summed E-state index contributed by atoms with van der Waals surface area (Å²) in [6.45, 7) is 0. The summed E-state index contributed by atoms with van der Waals surface area (Å²) in [6, 6.07) is 0. The molecule has 0 heterocycles. The number of hydrogen-bond acceptors (Lipinski definition) is 3. The molecule has 6 heavy (non-hydrogen) atoms. The first kappa shape index (κ1) is 16.2. The summed E-state index contributed by atoms with van der Waals surface area (Å²) in [5.41, 5.74) is 0. The molecule has 4 heteroatoms. The van der Waals surface area contributed by atoms with Crippen molar-refractivity contribution in [3.8, 4) is 0 Å². The molecule has 0 rings (SSSR count). The van der Waals surface area contributed by atoms with Crippen molar-refractivity contribution in [1.82, 2.24) is 0 Å². The second-order valence-electron chi connectivity index (χ2n) is 0. The maximum absolute atomic E-state index is 8.38. The third-order valence-electron chi connectivity index (χ3n) is 0. The maximum atomic E-state index is 8.38. The van der Waals surface area contributed by atoms with Crippen molar-refractivity contribution in [2.45, 2.75) is 0 Å². The van der Waals surface area contributed by atoms with Crippen molar-refractivity contribution in [3.63, 3.8) is 0 Å². The Morgan fingerprint density at radius 1 is 1.00 bits per heavy atom. The van der Waals surface area contributed by atoms with Gasteiger partial charge in [0.05, 0.1) is 0 Å². The van der Waals surface area contributed by atoms with Crippen LogP contribution in [0.3, 0.4) is 0 Å². The van der Waals surface area contributed by atoms with Gasteiger partial charge in [0.25, 0.3) is 0 Å². The number of hydrogen-bond donors (Lipinski definition) is 2. The summed E-state index contributed by atoms with van der Waals surface area (Å²) >= 11 is 0.125. The molecule has 0 fully saturated rings. The number of aliphatic hydroxyl groups is 2. The van der Waals surface area contributed by atoms with Gasteiger partial charge in [0.2, 0.25) is 0 Å². The van der Waals surface area contributed by atoms with Crippen molar-refractivity contribution >= 4 is 0 Å². The fourth-order valence-electron chi connectivity index (χ4n) is 0. The molecule has 0 saturated heterocycles. The molecule has 0 aromatic rings. The van der Waals surface area contributed by atoms with Gasteiger partial charge >= 0.3 is 21.8 Å². The van der Waals surface area contributed by atoms with E-state index in [1.807, 2.05) is 0 Å². The Morgan fingerprint density at radius 3 is 1.00 bits per heavy atom. The molecule has 0 saturated carbocycles. The summed E-state index contributed by atoms with van der Waals surface area (Å²) in [7, 11) is 2.00. The zero-order chi connectivity index (χ0) is 6.00. The molecule has 0 aliphatic rings. The monoisotopic (exact) mass is 144 g/mol. The number of aliphatic hydroxyl groups excluding tert-OH is 2. The average Bonchev–Trinajstić information content (AvgIpc) is 1.81. The molecule has 3 nitrogen and oxygen atoms in total. The second-order valence-corrected chi connectivity index (χ2v) is 0. The standard InChI is InChI=1S/2CH4O.O.Zn/c2*1-2;;/h2*2H,1H3;;. The van der Waals surface area contributed by atoms with Crippen molar-refractivity contribution in [1.29, 1.82) is 0 Å². The topological polar surface area (TPSA) is 57.5 Å². The van der Waals surface area contributed by atoms with Gasteiger partial charge in [-0.15, -0.1) is 0 Å². The molecule has 0 unspecified atom stereocenters. The van der Waals surface area contributed by atoms with Crippen LogP contribution in [-0.4, -0.2) is 24.4 Å². The van der Waals surface area contributed by atoms with E-state index in [0.29, 0.717) is 0 Å². The van der Waals surface area contributed by atoms with Crippen molar-refractivity contribution in [3.05, 3.63) is 0 Å². The molecule has 0 spiro atoms. The quantitative estimate of drug-likeness (QED) is 0.434. The van der Waals surface area contributed by atoms with Crippen LogP contribution in [0.4, 0.5) is 0 Å². The molecule has 0 amide bonds. The van der Waals surface area contributed by atoms with Crippen LogP contribution < -0.4 is 0 Å². The van der Waals surface area contributed by atoms with E-state index < -0.39 is 0 Å². The molecule has 2 N–H and O–H groups in total. The SMILES string of the molecule is CO.CO.[O]=[Zn]. The van der Waals surface area contributed by atoms with E-state index in [1.165, 1.54) is 0 Å². The fraction of sp³-hybridized carbons (Fsp3) is 1.00. The number of rotatable bonds is 0. The second kappa shape index (κ2) is 855. The van der Waals surface area contributed by atoms with Crippen LogP contribution in [0, 0.1) is 0 Å². The van der Waals surface area contributed by atoms with Gasteiger partial charge < -0.3 is 10.2 Å². The summed E-state index contributed by atoms with van der Waals surface area (Å²) in [5.74, 6) is 0. The van der Waals surface area contributed by atoms with Gasteiger partial charge in [-0.05, 0) is 0 Å². The zero-order valence-corrected chi connectivity index (χ0v) is 6.98. The van der Waals surface area contributed by atoms with Gasteiger partial charge in [-0.25, -0.2) is 0 Å². The molecule has 0 bridgehead atoms. The van der Waals surface area contributed by atoms with Crippen LogP contribution in [0.5, 0.6) is 0 Å². The summed E-state index contributed by atoms with van der Waals surface area (Å²) in [4.78, 5) is 0. The van der Waals surface area contributed by atoms with Gasteiger partial charge in [-0.3, -0.25) is 0 Å².